The van der Waals surface area contributed by atoms with Gasteiger partial charge in [0.2, 0.25) is 20.0 Å². The Morgan fingerprint density at radius 2 is 1.50 bits per heavy atom. The van der Waals surface area contributed by atoms with Crippen LogP contribution in [0.15, 0.2) is 0 Å². The highest BCUT2D eigenvalue weighted by Crippen LogP contribution is 1.99. The molecule has 0 spiro atoms. The van der Waals surface area contributed by atoms with Crippen molar-refractivity contribution in [2.45, 2.75) is 6.42 Å². The number of sulfonamides is 2. The summed E-state index contributed by atoms with van der Waals surface area (Å²) in [5.41, 5.74) is 0. The average molecular weight is 301 g/mol. The fourth-order valence-corrected chi connectivity index (χ4v) is 2.71. The Bertz CT molecular complexity index is 431. The van der Waals surface area contributed by atoms with Crippen molar-refractivity contribution in [2.24, 2.45) is 0 Å². The Hall–Kier alpha value is -0.220. The maximum Gasteiger partial charge on any atom is 0.211 e. The Morgan fingerprint density at radius 1 is 0.944 bits per heavy atom. The zero-order valence-electron chi connectivity index (χ0n) is 11.4. The summed E-state index contributed by atoms with van der Waals surface area (Å²) in [7, 11) is -2.75. The minimum atomic E-state index is -3.30. The molecule has 0 saturated carbocycles. The maximum atomic E-state index is 11.5. The minimum Gasteiger partial charge on any atom is -0.309 e. The third-order valence-electron chi connectivity index (χ3n) is 2.21. The van der Waals surface area contributed by atoms with Gasteiger partial charge in [0, 0.05) is 19.6 Å². The van der Waals surface area contributed by atoms with Gasteiger partial charge in [-0.25, -0.2) is 25.9 Å². The summed E-state index contributed by atoms with van der Waals surface area (Å²) in [5.74, 6) is 0. The first-order chi connectivity index (χ1) is 8.02. The summed E-state index contributed by atoms with van der Waals surface area (Å²) >= 11 is 0. The van der Waals surface area contributed by atoms with Crippen molar-refractivity contribution in [2.75, 3.05) is 52.8 Å². The Labute approximate surface area is 110 Å². The van der Waals surface area contributed by atoms with Crippen LogP contribution in [0, 0.1) is 0 Å². The predicted octanol–water partition coefficient (Wildman–Crippen LogP) is -1.25. The molecule has 0 aliphatic rings. The van der Waals surface area contributed by atoms with Gasteiger partial charge in [0.1, 0.15) is 0 Å². The molecule has 18 heavy (non-hydrogen) atoms. The van der Waals surface area contributed by atoms with Crippen molar-refractivity contribution >= 4 is 20.0 Å². The van der Waals surface area contributed by atoms with Crippen LogP contribution in [-0.2, 0) is 20.0 Å². The summed E-state index contributed by atoms with van der Waals surface area (Å²) in [6, 6.07) is 0. The summed E-state index contributed by atoms with van der Waals surface area (Å²) < 4.78 is 48.3. The van der Waals surface area contributed by atoms with Crippen molar-refractivity contribution in [3.8, 4) is 0 Å². The molecule has 0 aliphatic heterocycles. The molecule has 0 aromatic heterocycles. The van der Waals surface area contributed by atoms with Crippen molar-refractivity contribution < 1.29 is 16.8 Å². The van der Waals surface area contributed by atoms with E-state index < -0.39 is 20.0 Å². The lowest BCUT2D eigenvalue weighted by Gasteiger charge is -2.20. The van der Waals surface area contributed by atoms with Crippen LogP contribution >= 0.6 is 0 Å². The average Bonchev–Trinajstić information content (AvgIpc) is 2.11. The summed E-state index contributed by atoms with van der Waals surface area (Å²) in [6.45, 7) is 1.42. The zero-order chi connectivity index (χ0) is 14.4. The van der Waals surface area contributed by atoms with Gasteiger partial charge in [-0.15, -0.1) is 0 Å². The topological polar surface area (TPSA) is 86.8 Å². The fourth-order valence-electron chi connectivity index (χ4n) is 1.36. The molecule has 7 nitrogen and oxygen atoms in total. The molecule has 0 bridgehead atoms. The SMILES string of the molecule is CN(C)CCCN(CCNS(C)(=O)=O)S(C)(=O)=O. The molecule has 0 aromatic carbocycles. The normalized spacial score (nSPS) is 13.4. The van der Waals surface area contributed by atoms with Crippen molar-refractivity contribution in [3.05, 3.63) is 0 Å². The molecule has 0 saturated heterocycles. The number of hydrogen-bond donors (Lipinski definition) is 1. The van der Waals surface area contributed by atoms with Crippen LogP contribution < -0.4 is 4.72 Å². The van der Waals surface area contributed by atoms with Crippen molar-refractivity contribution in [1.29, 1.82) is 0 Å². The zero-order valence-corrected chi connectivity index (χ0v) is 13.0. The monoisotopic (exact) mass is 301 g/mol. The van der Waals surface area contributed by atoms with Gasteiger partial charge in [0.05, 0.1) is 12.5 Å². The molecule has 0 fully saturated rings. The number of nitrogens with one attached hydrogen (secondary N) is 1. The lowest BCUT2D eigenvalue weighted by Crippen LogP contribution is -2.39. The third-order valence-corrected chi connectivity index (χ3v) is 4.24. The molecule has 0 rings (SSSR count). The highest BCUT2D eigenvalue weighted by Gasteiger charge is 2.16. The van der Waals surface area contributed by atoms with Crippen LogP contribution in [0.5, 0.6) is 0 Å². The van der Waals surface area contributed by atoms with Crippen LogP contribution in [-0.4, -0.2) is 78.8 Å². The molecular weight excluding hydrogens is 278 g/mol. The molecule has 0 unspecified atom stereocenters. The first kappa shape index (κ1) is 17.8. The molecule has 1 N–H and O–H groups in total. The van der Waals surface area contributed by atoms with E-state index in [9.17, 15) is 16.8 Å². The van der Waals surface area contributed by atoms with Gasteiger partial charge in [-0.3, -0.25) is 0 Å². The molecule has 110 valence electrons. The first-order valence-corrected chi connectivity index (χ1v) is 9.31. The van der Waals surface area contributed by atoms with E-state index in [1.54, 1.807) is 0 Å². The van der Waals surface area contributed by atoms with Crippen LogP contribution in [0.25, 0.3) is 0 Å². The van der Waals surface area contributed by atoms with E-state index >= 15 is 0 Å². The second-order valence-corrected chi connectivity index (χ2v) is 8.30. The second-order valence-electron chi connectivity index (χ2n) is 4.49. The number of rotatable bonds is 9. The van der Waals surface area contributed by atoms with Gasteiger partial charge in [0.25, 0.3) is 0 Å². The van der Waals surface area contributed by atoms with Gasteiger partial charge in [-0.05, 0) is 27.1 Å². The lowest BCUT2D eigenvalue weighted by molar-refractivity contribution is 0.352. The van der Waals surface area contributed by atoms with Crippen LogP contribution in [0.3, 0.4) is 0 Å². The van der Waals surface area contributed by atoms with E-state index in [0.29, 0.717) is 13.0 Å². The van der Waals surface area contributed by atoms with E-state index in [1.165, 1.54) is 4.31 Å². The molecule has 0 aliphatic carbocycles. The third kappa shape index (κ3) is 9.77. The molecule has 0 aromatic rings. The van der Waals surface area contributed by atoms with Crippen LogP contribution in [0.1, 0.15) is 6.42 Å². The lowest BCUT2D eigenvalue weighted by atomic mass is 10.4. The standard InChI is InChI=1S/C9H23N3O4S2/c1-11(2)7-5-8-12(18(4,15)16)9-6-10-17(3,13)14/h10H,5-9H2,1-4H3. The van der Waals surface area contributed by atoms with E-state index in [2.05, 4.69) is 4.72 Å². The molecule has 0 amide bonds. The van der Waals surface area contributed by atoms with Crippen molar-refractivity contribution in [1.82, 2.24) is 13.9 Å². The van der Waals surface area contributed by atoms with Crippen LogP contribution in [0.4, 0.5) is 0 Å². The van der Waals surface area contributed by atoms with E-state index in [-0.39, 0.29) is 13.1 Å². The largest absolute Gasteiger partial charge is 0.309 e. The quantitative estimate of drug-likeness (QED) is 0.575. The van der Waals surface area contributed by atoms with E-state index in [4.69, 9.17) is 0 Å². The molecule has 9 heteroatoms. The molecule has 0 heterocycles. The summed E-state index contributed by atoms with van der Waals surface area (Å²) in [6.07, 6.45) is 2.88. The minimum absolute atomic E-state index is 0.0911. The van der Waals surface area contributed by atoms with Gasteiger partial charge in [-0.1, -0.05) is 0 Å². The summed E-state index contributed by atoms with van der Waals surface area (Å²) in [5, 5.41) is 0. The van der Waals surface area contributed by atoms with Crippen molar-refractivity contribution in [3.63, 3.8) is 0 Å². The first-order valence-electron chi connectivity index (χ1n) is 5.57. The Morgan fingerprint density at radius 3 is 1.89 bits per heavy atom. The van der Waals surface area contributed by atoms with Gasteiger partial charge >= 0.3 is 0 Å². The second kappa shape index (κ2) is 7.39. The highest BCUT2D eigenvalue weighted by molar-refractivity contribution is 7.88. The van der Waals surface area contributed by atoms with Gasteiger partial charge < -0.3 is 4.90 Å². The number of hydrogen-bond acceptors (Lipinski definition) is 5. The van der Waals surface area contributed by atoms with E-state index in [1.807, 2.05) is 19.0 Å². The highest BCUT2D eigenvalue weighted by atomic mass is 32.2. The molecule has 0 atom stereocenters. The summed E-state index contributed by atoms with van der Waals surface area (Å²) in [4.78, 5) is 1.97. The van der Waals surface area contributed by atoms with E-state index in [0.717, 1.165) is 19.1 Å². The Balaban J connectivity index is 4.26. The molecular formula is C9H23N3O4S2. The van der Waals surface area contributed by atoms with Crippen LogP contribution in [0.2, 0.25) is 0 Å². The fraction of sp³-hybridized carbons (Fsp3) is 1.00. The Kier molecular flexibility index (Phi) is 7.30. The smallest absolute Gasteiger partial charge is 0.211 e. The number of nitrogens with zero attached hydrogens (tertiary/aromatic N) is 2. The van der Waals surface area contributed by atoms with Gasteiger partial charge in [-0.2, -0.15) is 0 Å². The van der Waals surface area contributed by atoms with Gasteiger partial charge in [0.15, 0.2) is 0 Å². The maximum absolute atomic E-state index is 11.5. The predicted molar refractivity (Wildman–Crippen MR) is 72.4 cm³/mol. The molecule has 0 radical (unpaired) electrons.